The first-order valence-corrected chi connectivity index (χ1v) is 8.14. The van der Waals surface area contributed by atoms with Crippen LogP contribution in [0.15, 0.2) is 18.2 Å². The smallest absolute Gasteiger partial charge is 0.102 e. The average molecular weight is 285 g/mol. The van der Waals surface area contributed by atoms with Crippen molar-refractivity contribution in [3.05, 3.63) is 29.3 Å². The number of aryl methyl sites for hydroxylation is 1. The highest BCUT2D eigenvalue weighted by molar-refractivity contribution is 5.61. The minimum atomic E-state index is 0.419. The fourth-order valence-electron chi connectivity index (χ4n) is 3.29. The first kappa shape index (κ1) is 15.9. The van der Waals surface area contributed by atoms with Gasteiger partial charge in [0.05, 0.1) is 11.3 Å². The fourth-order valence-corrected chi connectivity index (χ4v) is 3.29. The van der Waals surface area contributed by atoms with Crippen molar-refractivity contribution in [2.75, 3.05) is 25.0 Å². The minimum Gasteiger partial charge on any atom is -0.381 e. The number of rotatable bonds is 5. The molecule has 1 atom stereocenters. The van der Waals surface area contributed by atoms with Gasteiger partial charge in [0.15, 0.2) is 0 Å². The van der Waals surface area contributed by atoms with E-state index in [0.717, 1.165) is 16.8 Å². The van der Waals surface area contributed by atoms with Crippen LogP contribution in [-0.4, -0.2) is 30.6 Å². The van der Waals surface area contributed by atoms with E-state index in [1.165, 1.54) is 38.9 Å². The largest absolute Gasteiger partial charge is 0.381 e. The second-order valence-electron chi connectivity index (χ2n) is 6.22. The lowest BCUT2D eigenvalue weighted by Gasteiger charge is -2.35. The third-order valence-electron chi connectivity index (χ3n) is 4.65. The van der Waals surface area contributed by atoms with E-state index in [-0.39, 0.29) is 0 Å². The lowest BCUT2D eigenvalue weighted by atomic mass is 9.90. The van der Waals surface area contributed by atoms with Crippen LogP contribution in [0.1, 0.15) is 44.2 Å². The van der Waals surface area contributed by atoms with Crippen LogP contribution >= 0.6 is 0 Å². The summed E-state index contributed by atoms with van der Waals surface area (Å²) in [7, 11) is 0. The monoisotopic (exact) mass is 285 g/mol. The molecule has 1 aromatic carbocycles. The van der Waals surface area contributed by atoms with Crippen LogP contribution in [0.3, 0.4) is 0 Å². The lowest BCUT2D eigenvalue weighted by Crippen LogP contribution is -2.39. The molecule has 0 aliphatic carbocycles. The van der Waals surface area contributed by atoms with Gasteiger partial charge in [0.25, 0.3) is 0 Å². The van der Waals surface area contributed by atoms with E-state index in [9.17, 15) is 5.26 Å². The molecule has 1 unspecified atom stereocenters. The van der Waals surface area contributed by atoms with Gasteiger partial charge in [0.2, 0.25) is 0 Å². The topological polar surface area (TPSA) is 39.1 Å². The van der Waals surface area contributed by atoms with E-state index >= 15 is 0 Å². The van der Waals surface area contributed by atoms with Gasteiger partial charge in [0, 0.05) is 6.04 Å². The number of benzene rings is 1. The van der Waals surface area contributed by atoms with Gasteiger partial charge in [-0.25, -0.2) is 0 Å². The van der Waals surface area contributed by atoms with Crippen molar-refractivity contribution in [2.24, 2.45) is 5.92 Å². The molecule has 0 saturated carbocycles. The second-order valence-corrected chi connectivity index (χ2v) is 6.22. The number of nitriles is 1. The molecule has 1 saturated heterocycles. The lowest BCUT2D eigenvalue weighted by molar-refractivity contribution is 0.176. The van der Waals surface area contributed by atoms with Crippen molar-refractivity contribution in [3.8, 4) is 6.07 Å². The molecule has 1 aromatic rings. The molecular weight excluding hydrogens is 258 g/mol. The van der Waals surface area contributed by atoms with Crippen LogP contribution in [0.25, 0.3) is 0 Å². The van der Waals surface area contributed by atoms with E-state index in [1.807, 2.05) is 25.1 Å². The summed E-state index contributed by atoms with van der Waals surface area (Å²) in [4.78, 5) is 2.57. The summed E-state index contributed by atoms with van der Waals surface area (Å²) >= 11 is 0. The normalized spacial score (nSPS) is 18.2. The predicted octanol–water partition coefficient (Wildman–Crippen LogP) is 3.79. The number of hydrogen-bond acceptors (Lipinski definition) is 3. The molecule has 21 heavy (non-hydrogen) atoms. The Morgan fingerprint density at radius 3 is 2.71 bits per heavy atom. The third kappa shape index (κ3) is 3.98. The molecule has 1 aliphatic heterocycles. The Morgan fingerprint density at radius 2 is 2.10 bits per heavy atom. The number of nitrogens with zero attached hydrogens (tertiary/aromatic N) is 2. The minimum absolute atomic E-state index is 0.419. The Hall–Kier alpha value is -1.53. The molecule has 1 heterocycles. The zero-order chi connectivity index (χ0) is 15.2. The zero-order valence-corrected chi connectivity index (χ0v) is 13.5. The summed E-state index contributed by atoms with van der Waals surface area (Å²) in [6.45, 7) is 10.1. The van der Waals surface area contributed by atoms with Gasteiger partial charge in [-0.05, 0) is 70.3 Å². The predicted molar refractivity (Wildman–Crippen MR) is 88.4 cm³/mol. The van der Waals surface area contributed by atoms with Crippen LogP contribution in [0, 0.1) is 24.2 Å². The van der Waals surface area contributed by atoms with Crippen LogP contribution < -0.4 is 5.32 Å². The van der Waals surface area contributed by atoms with Crippen LogP contribution in [-0.2, 0) is 0 Å². The molecule has 1 aliphatic rings. The molecule has 0 aromatic heterocycles. The number of piperidine rings is 1. The standard InChI is InChI=1S/C18H27N3/c1-4-10-21-11-8-16(9-12-21)15(3)20-18-7-5-6-14(2)17(18)13-19/h5-7,15-16,20H,4,8-12H2,1-3H3. The number of hydrogen-bond donors (Lipinski definition) is 1. The SMILES string of the molecule is CCCN1CCC(C(C)Nc2cccc(C)c2C#N)CC1. The van der Waals surface area contributed by atoms with Crippen molar-refractivity contribution >= 4 is 5.69 Å². The van der Waals surface area contributed by atoms with Gasteiger partial charge in [-0.2, -0.15) is 5.26 Å². The molecule has 1 fully saturated rings. The molecular formula is C18H27N3. The van der Waals surface area contributed by atoms with Crippen LogP contribution in [0.4, 0.5) is 5.69 Å². The van der Waals surface area contributed by atoms with Crippen molar-refractivity contribution in [1.82, 2.24) is 4.90 Å². The quantitative estimate of drug-likeness (QED) is 0.894. The Labute approximate surface area is 129 Å². The molecule has 0 amide bonds. The van der Waals surface area contributed by atoms with E-state index in [4.69, 9.17) is 0 Å². The fraction of sp³-hybridized carbons (Fsp3) is 0.611. The maximum Gasteiger partial charge on any atom is 0.102 e. The molecule has 0 radical (unpaired) electrons. The second kappa shape index (κ2) is 7.47. The van der Waals surface area contributed by atoms with E-state index in [1.54, 1.807) is 0 Å². The van der Waals surface area contributed by atoms with Gasteiger partial charge < -0.3 is 10.2 Å². The zero-order valence-electron chi connectivity index (χ0n) is 13.5. The van der Waals surface area contributed by atoms with Gasteiger partial charge in [-0.1, -0.05) is 19.1 Å². The highest BCUT2D eigenvalue weighted by Crippen LogP contribution is 2.25. The number of anilines is 1. The maximum absolute atomic E-state index is 9.32. The highest BCUT2D eigenvalue weighted by atomic mass is 15.1. The van der Waals surface area contributed by atoms with Gasteiger partial charge in [-0.15, -0.1) is 0 Å². The molecule has 114 valence electrons. The summed E-state index contributed by atoms with van der Waals surface area (Å²) in [5.41, 5.74) is 2.82. The first-order valence-electron chi connectivity index (χ1n) is 8.14. The van der Waals surface area contributed by atoms with E-state index < -0.39 is 0 Å². The maximum atomic E-state index is 9.32. The van der Waals surface area contributed by atoms with Crippen molar-refractivity contribution < 1.29 is 0 Å². The van der Waals surface area contributed by atoms with Crippen LogP contribution in [0.2, 0.25) is 0 Å². The average Bonchev–Trinajstić information content (AvgIpc) is 2.48. The molecule has 2 rings (SSSR count). The summed E-state index contributed by atoms with van der Waals surface area (Å²) in [6.07, 6.45) is 3.75. The Balaban J connectivity index is 1.95. The van der Waals surface area contributed by atoms with E-state index in [0.29, 0.717) is 12.0 Å². The molecule has 0 spiro atoms. The van der Waals surface area contributed by atoms with E-state index in [2.05, 4.69) is 30.1 Å². The summed E-state index contributed by atoms with van der Waals surface area (Å²) < 4.78 is 0. The third-order valence-corrected chi connectivity index (χ3v) is 4.65. The first-order chi connectivity index (χ1) is 10.2. The summed E-state index contributed by atoms with van der Waals surface area (Å²) in [5, 5.41) is 12.9. The molecule has 1 N–H and O–H groups in total. The number of likely N-dealkylation sites (tertiary alicyclic amines) is 1. The Morgan fingerprint density at radius 1 is 1.38 bits per heavy atom. The number of nitrogens with one attached hydrogen (secondary N) is 1. The van der Waals surface area contributed by atoms with Gasteiger partial charge in [0.1, 0.15) is 6.07 Å². The van der Waals surface area contributed by atoms with Crippen molar-refractivity contribution in [1.29, 1.82) is 5.26 Å². The Kier molecular flexibility index (Phi) is 5.64. The molecule has 3 heteroatoms. The van der Waals surface area contributed by atoms with Crippen molar-refractivity contribution in [3.63, 3.8) is 0 Å². The molecule has 0 bridgehead atoms. The van der Waals surface area contributed by atoms with Gasteiger partial charge in [-0.3, -0.25) is 0 Å². The Bertz CT molecular complexity index is 496. The summed E-state index contributed by atoms with van der Waals surface area (Å²) in [6, 6.07) is 8.79. The van der Waals surface area contributed by atoms with Crippen LogP contribution in [0.5, 0.6) is 0 Å². The highest BCUT2D eigenvalue weighted by Gasteiger charge is 2.23. The molecule has 3 nitrogen and oxygen atoms in total. The van der Waals surface area contributed by atoms with Crippen molar-refractivity contribution in [2.45, 2.75) is 46.1 Å². The van der Waals surface area contributed by atoms with Gasteiger partial charge >= 0.3 is 0 Å². The summed E-state index contributed by atoms with van der Waals surface area (Å²) in [5.74, 6) is 0.699.